The van der Waals surface area contributed by atoms with Crippen LogP contribution in [0.3, 0.4) is 0 Å². The van der Waals surface area contributed by atoms with Crippen LogP contribution in [0.2, 0.25) is 0 Å². The van der Waals surface area contributed by atoms with Gasteiger partial charge in [-0.3, -0.25) is 9.89 Å². The number of carbonyl (C=O) groups is 1. The van der Waals surface area contributed by atoms with E-state index in [1.807, 2.05) is 91.9 Å². The molecule has 4 aromatic rings. The number of carbonyl (C=O) groups excluding carboxylic acids is 1. The number of nitrogens with one attached hydrogen (secondary N) is 4. The zero-order valence-corrected chi connectivity index (χ0v) is 21.1. The number of hydrazine groups is 1. The quantitative estimate of drug-likeness (QED) is 0.212. The molecule has 1 aliphatic heterocycles. The van der Waals surface area contributed by atoms with Crippen LogP contribution in [0.4, 0.5) is 11.6 Å². The lowest BCUT2D eigenvalue weighted by molar-refractivity contribution is -0.118. The number of anilines is 2. The topological polar surface area (TPSA) is 120 Å². The average molecular weight is 508 g/mol. The molecule has 9 heteroatoms. The summed E-state index contributed by atoms with van der Waals surface area (Å²) in [6, 6.07) is 29.2. The zero-order chi connectivity index (χ0) is 26.5. The minimum Gasteiger partial charge on any atom is -0.497 e. The van der Waals surface area contributed by atoms with E-state index in [4.69, 9.17) is 10.5 Å². The van der Waals surface area contributed by atoms with Gasteiger partial charge in [0.25, 0.3) is 0 Å². The number of benzene rings is 3. The van der Waals surface area contributed by atoms with Gasteiger partial charge in [0, 0.05) is 11.6 Å². The van der Waals surface area contributed by atoms with E-state index in [-0.39, 0.29) is 6.04 Å². The molecule has 9 nitrogen and oxygen atoms in total. The number of nitrogens with zero attached hydrogens (tertiary/aromatic N) is 2. The first-order valence-corrected chi connectivity index (χ1v) is 12.1. The minimum absolute atomic E-state index is 0.255. The van der Waals surface area contributed by atoms with Crippen molar-refractivity contribution in [3.05, 3.63) is 119 Å². The fraction of sp³-hybridized carbons (Fsp3) is 0.103. The van der Waals surface area contributed by atoms with E-state index in [2.05, 4.69) is 26.3 Å². The predicted octanol–water partition coefficient (Wildman–Crippen LogP) is 4.48. The number of aromatic amines is 1. The Balaban J connectivity index is 1.65. The fourth-order valence-corrected chi connectivity index (χ4v) is 4.40. The van der Waals surface area contributed by atoms with Gasteiger partial charge in [0.05, 0.1) is 13.2 Å². The summed E-state index contributed by atoms with van der Waals surface area (Å²) in [6.45, 7) is 1.98. The molecule has 0 fully saturated rings. The second kappa shape index (κ2) is 10.9. The largest absolute Gasteiger partial charge is 0.497 e. The van der Waals surface area contributed by atoms with Crippen molar-refractivity contribution in [3.8, 4) is 5.75 Å². The van der Waals surface area contributed by atoms with E-state index < -0.39 is 0 Å². The lowest BCUT2D eigenvalue weighted by Crippen LogP contribution is -2.37. The molecular formula is C29H29N7O2. The van der Waals surface area contributed by atoms with Crippen molar-refractivity contribution < 1.29 is 9.53 Å². The van der Waals surface area contributed by atoms with Crippen LogP contribution in [0.15, 0.2) is 103 Å². The molecule has 1 aliphatic rings. The first-order chi connectivity index (χ1) is 18.6. The molecule has 0 bridgehead atoms. The smallest absolute Gasteiger partial charge is 0.229 e. The third-order valence-electron chi connectivity index (χ3n) is 6.37. The Kier molecular flexibility index (Phi) is 7.10. The highest BCUT2D eigenvalue weighted by molar-refractivity contribution is 5.79. The van der Waals surface area contributed by atoms with Crippen LogP contribution >= 0.6 is 0 Å². The first kappa shape index (κ1) is 24.7. The standard InChI is InChI=1S/C29H29N7O2/c1-19(20-13-15-23(38-2)16-14-20)28(31-25-17-24(30)33-34-25)32-29-26(21-9-5-3-6-10-21)27(35-36(29)18-37)22-11-7-4-8-12-22/h3-18,27,32,35H,1-2H3,(H4,30,31,33,34)/b28-19+. The third-order valence-corrected chi connectivity index (χ3v) is 6.37. The highest BCUT2D eigenvalue weighted by Crippen LogP contribution is 2.38. The molecule has 6 N–H and O–H groups in total. The van der Waals surface area contributed by atoms with E-state index in [9.17, 15) is 4.79 Å². The molecule has 3 aromatic carbocycles. The highest BCUT2D eigenvalue weighted by Gasteiger charge is 2.34. The molecule has 1 unspecified atom stereocenters. The van der Waals surface area contributed by atoms with Crippen LogP contribution in [0.1, 0.15) is 29.7 Å². The van der Waals surface area contributed by atoms with E-state index in [0.717, 1.165) is 40.0 Å². The van der Waals surface area contributed by atoms with E-state index >= 15 is 0 Å². The van der Waals surface area contributed by atoms with Crippen molar-refractivity contribution in [1.29, 1.82) is 0 Å². The van der Waals surface area contributed by atoms with Crippen molar-refractivity contribution in [2.75, 3.05) is 18.2 Å². The van der Waals surface area contributed by atoms with Gasteiger partial charge in [-0.1, -0.05) is 72.8 Å². The number of allylic oxidation sites excluding steroid dienone is 1. The number of aromatic nitrogens is 2. The van der Waals surface area contributed by atoms with E-state index in [0.29, 0.717) is 23.3 Å². The molecule has 1 amide bonds. The Bertz CT molecular complexity index is 1460. The summed E-state index contributed by atoms with van der Waals surface area (Å²) in [7, 11) is 1.63. The second-order valence-electron chi connectivity index (χ2n) is 8.76. The number of nitrogens with two attached hydrogens (primary N) is 1. The van der Waals surface area contributed by atoms with Gasteiger partial charge in [0.15, 0.2) is 5.82 Å². The second-order valence-corrected chi connectivity index (χ2v) is 8.76. The monoisotopic (exact) mass is 507 g/mol. The van der Waals surface area contributed by atoms with Crippen molar-refractivity contribution in [3.63, 3.8) is 0 Å². The zero-order valence-electron chi connectivity index (χ0n) is 21.1. The Morgan fingerprint density at radius 3 is 2.29 bits per heavy atom. The van der Waals surface area contributed by atoms with Gasteiger partial charge >= 0.3 is 0 Å². The Morgan fingerprint density at radius 2 is 1.68 bits per heavy atom. The number of rotatable bonds is 9. The number of H-pyrrole nitrogens is 1. The van der Waals surface area contributed by atoms with Crippen molar-refractivity contribution >= 4 is 29.2 Å². The maximum absolute atomic E-state index is 12.3. The average Bonchev–Trinajstić information content (AvgIpc) is 3.55. The lowest BCUT2D eigenvalue weighted by atomic mass is 9.94. The highest BCUT2D eigenvalue weighted by atomic mass is 16.5. The van der Waals surface area contributed by atoms with Gasteiger partial charge in [-0.05, 0) is 41.3 Å². The number of hydrogen-bond acceptors (Lipinski definition) is 7. The van der Waals surface area contributed by atoms with Crippen LogP contribution in [-0.2, 0) is 4.79 Å². The maximum Gasteiger partial charge on any atom is 0.229 e. The molecule has 192 valence electrons. The molecule has 0 aliphatic carbocycles. The Morgan fingerprint density at radius 1 is 1.00 bits per heavy atom. The van der Waals surface area contributed by atoms with Gasteiger partial charge in [0.2, 0.25) is 6.41 Å². The van der Waals surface area contributed by atoms with Gasteiger partial charge in [-0.2, -0.15) is 5.10 Å². The molecule has 1 atom stereocenters. The number of ether oxygens (including phenoxy) is 1. The van der Waals surface area contributed by atoms with Crippen LogP contribution in [0, 0.1) is 0 Å². The Hall–Kier alpha value is -5.02. The fourth-order valence-electron chi connectivity index (χ4n) is 4.40. The van der Waals surface area contributed by atoms with E-state index in [1.54, 1.807) is 13.2 Å². The molecule has 0 saturated heterocycles. The van der Waals surface area contributed by atoms with Gasteiger partial charge in [0.1, 0.15) is 23.2 Å². The molecular weight excluding hydrogens is 478 g/mol. The maximum atomic E-state index is 12.3. The molecule has 0 radical (unpaired) electrons. The van der Waals surface area contributed by atoms with Gasteiger partial charge < -0.3 is 21.1 Å². The van der Waals surface area contributed by atoms with Crippen LogP contribution in [-0.4, -0.2) is 28.7 Å². The van der Waals surface area contributed by atoms with Crippen molar-refractivity contribution in [2.45, 2.75) is 13.0 Å². The summed E-state index contributed by atoms with van der Waals surface area (Å²) >= 11 is 0. The van der Waals surface area contributed by atoms with Gasteiger partial charge in [-0.15, -0.1) is 0 Å². The SMILES string of the molecule is COc1ccc(/C(C)=C(/NC2=C(c3ccccc3)C(c3ccccc3)NN2C=O)Nc2cc(N)[nH]n2)cc1. The number of hydrogen-bond donors (Lipinski definition) is 5. The van der Waals surface area contributed by atoms with Gasteiger partial charge in [-0.25, -0.2) is 10.4 Å². The summed E-state index contributed by atoms with van der Waals surface area (Å²) in [5.41, 5.74) is 14.0. The molecule has 5 rings (SSSR count). The predicted molar refractivity (Wildman–Crippen MR) is 149 cm³/mol. The Labute approximate surface area is 221 Å². The normalized spacial score (nSPS) is 15.7. The number of nitrogen functional groups attached to an aromatic ring is 1. The van der Waals surface area contributed by atoms with Crippen molar-refractivity contribution in [1.82, 2.24) is 25.9 Å². The summed E-state index contributed by atoms with van der Waals surface area (Å²) in [4.78, 5) is 12.3. The van der Waals surface area contributed by atoms with Crippen LogP contribution < -0.4 is 26.5 Å². The lowest BCUT2D eigenvalue weighted by Gasteiger charge is -2.21. The molecule has 0 spiro atoms. The summed E-state index contributed by atoms with van der Waals surface area (Å²) in [5.74, 6) is 2.95. The minimum atomic E-state index is -0.255. The van der Waals surface area contributed by atoms with E-state index in [1.165, 1.54) is 5.01 Å². The third kappa shape index (κ3) is 5.09. The molecule has 38 heavy (non-hydrogen) atoms. The summed E-state index contributed by atoms with van der Waals surface area (Å²) in [5, 5.41) is 15.3. The summed E-state index contributed by atoms with van der Waals surface area (Å²) < 4.78 is 5.32. The van der Waals surface area contributed by atoms with Crippen LogP contribution in [0.25, 0.3) is 11.1 Å². The molecule has 1 aromatic heterocycles. The van der Waals surface area contributed by atoms with Crippen molar-refractivity contribution in [2.24, 2.45) is 0 Å². The number of amides is 1. The molecule has 2 heterocycles. The molecule has 0 saturated carbocycles. The summed E-state index contributed by atoms with van der Waals surface area (Å²) in [6.07, 6.45) is 0.765. The van der Waals surface area contributed by atoms with Crippen LogP contribution in [0.5, 0.6) is 5.75 Å². The first-order valence-electron chi connectivity index (χ1n) is 12.1. The number of methoxy groups -OCH3 is 1.